The molecule has 1 heterocycles. The number of nitrogens with one attached hydrogen (secondary N) is 1. The Morgan fingerprint density at radius 1 is 1.32 bits per heavy atom. The van der Waals surface area contributed by atoms with E-state index in [1.807, 2.05) is 0 Å². The number of sulfone groups is 1. The lowest BCUT2D eigenvalue weighted by atomic mass is 10.2. The molecule has 1 aromatic rings. The summed E-state index contributed by atoms with van der Waals surface area (Å²) in [5, 5.41) is 13.1. The van der Waals surface area contributed by atoms with Gasteiger partial charge >= 0.3 is 0 Å². The molecular weight excluding hydrogens is 350 g/mol. The van der Waals surface area contributed by atoms with Gasteiger partial charge in [-0.2, -0.15) is 0 Å². The predicted octanol–water partition coefficient (Wildman–Crippen LogP) is 0.360. The number of benzene rings is 1. The number of amides is 2. The van der Waals surface area contributed by atoms with Crippen molar-refractivity contribution in [3.05, 3.63) is 39.9 Å². The Bertz CT molecular complexity index is 775. The standard InChI is InChI=1S/C15H19N3O6S/c1-17(13-7-9-25(23,24)10-13)14(19)6-8-16-15(20)11-2-4-12(5-3-11)18(21)22/h2-5,13H,6-10H2,1H3,(H,16,20)/t13-/m0/s1. The van der Waals surface area contributed by atoms with Crippen LogP contribution in [0.4, 0.5) is 5.69 Å². The van der Waals surface area contributed by atoms with Gasteiger partial charge in [-0.1, -0.05) is 0 Å². The van der Waals surface area contributed by atoms with Gasteiger partial charge < -0.3 is 10.2 Å². The van der Waals surface area contributed by atoms with Crippen molar-refractivity contribution in [1.82, 2.24) is 10.2 Å². The van der Waals surface area contributed by atoms with Crippen LogP contribution in [-0.2, 0) is 14.6 Å². The fraction of sp³-hybridized carbons (Fsp3) is 0.467. The van der Waals surface area contributed by atoms with E-state index in [4.69, 9.17) is 0 Å². The maximum Gasteiger partial charge on any atom is 0.269 e. The second kappa shape index (κ2) is 7.60. The summed E-state index contributed by atoms with van der Waals surface area (Å²) in [7, 11) is -1.50. The van der Waals surface area contributed by atoms with Gasteiger partial charge in [-0.05, 0) is 18.6 Å². The topological polar surface area (TPSA) is 127 Å². The van der Waals surface area contributed by atoms with Gasteiger partial charge in [0.05, 0.1) is 16.4 Å². The predicted molar refractivity (Wildman–Crippen MR) is 89.9 cm³/mol. The summed E-state index contributed by atoms with van der Waals surface area (Å²) in [6.07, 6.45) is 0.478. The van der Waals surface area contributed by atoms with Gasteiger partial charge in [-0.25, -0.2) is 8.42 Å². The molecule has 1 aliphatic heterocycles. The van der Waals surface area contributed by atoms with Crippen LogP contribution in [0, 0.1) is 10.1 Å². The molecule has 10 heteroatoms. The van der Waals surface area contributed by atoms with E-state index in [1.54, 1.807) is 7.05 Å². The molecule has 1 fully saturated rings. The van der Waals surface area contributed by atoms with Gasteiger partial charge in [0.2, 0.25) is 5.91 Å². The van der Waals surface area contributed by atoms with Gasteiger partial charge in [0.15, 0.2) is 9.84 Å². The molecule has 1 N–H and O–H groups in total. The summed E-state index contributed by atoms with van der Waals surface area (Å²) >= 11 is 0. The molecule has 0 radical (unpaired) electrons. The van der Waals surface area contributed by atoms with E-state index < -0.39 is 20.7 Å². The molecule has 25 heavy (non-hydrogen) atoms. The highest BCUT2D eigenvalue weighted by Gasteiger charge is 2.32. The molecule has 0 bridgehead atoms. The number of nitro groups is 1. The maximum absolute atomic E-state index is 12.1. The lowest BCUT2D eigenvalue weighted by molar-refractivity contribution is -0.384. The van der Waals surface area contributed by atoms with E-state index in [0.717, 1.165) is 0 Å². The van der Waals surface area contributed by atoms with Crippen molar-refractivity contribution in [3.8, 4) is 0 Å². The third kappa shape index (κ3) is 4.99. The number of nitrogens with zero attached hydrogens (tertiary/aromatic N) is 2. The van der Waals surface area contributed by atoms with Crippen LogP contribution < -0.4 is 5.32 Å². The average Bonchev–Trinajstić information content (AvgIpc) is 2.93. The third-order valence-electron chi connectivity index (χ3n) is 4.11. The van der Waals surface area contributed by atoms with Gasteiger partial charge in [-0.15, -0.1) is 0 Å². The van der Waals surface area contributed by atoms with Crippen molar-refractivity contribution in [2.24, 2.45) is 0 Å². The van der Waals surface area contributed by atoms with Gasteiger partial charge in [0.25, 0.3) is 11.6 Å². The Kier molecular flexibility index (Phi) is 5.73. The van der Waals surface area contributed by atoms with Crippen LogP contribution in [-0.4, -0.2) is 61.2 Å². The average molecular weight is 369 g/mol. The van der Waals surface area contributed by atoms with Crippen molar-refractivity contribution in [3.63, 3.8) is 0 Å². The molecule has 0 spiro atoms. The monoisotopic (exact) mass is 369 g/mol. The molecule has 1 saturated heterocycles. The van der Waals surface area contributed by atoms with Crippen molar-refractivity contribution in [2.45, 2.75) is 18.9 Å². The van der Waals surface area contributed by atoms with E-state index in [1.165, 1.54) is 29.2 Å². The molecule has 0 aromatic heterocycles. The zero-order chi connectivity index (χ0) is 18.6. The van der Waals surface area contributed by atoms with Crippen LogP contribution in [0.25, 0.3) is 0 Å². The second-order valence-corrected chi connectivity index (χ2v) is 8.10. The normalized spacial score (nSPS) is 18.5. The minimum absolute atomic E-state index is 0.0234. The van der Waals surface area contributed by atoms with Crippen LogP contribution >= 0.6 is 0 Å². The van der Waals surface area contributed by atoms with Crippen molar-refractivity contribution in [2.75, 3.05) is 25.1 Å². The van der Waals surface area contributed by atoms with Gasteiger partial charge in [-0.3, -0.25) is 19.7 Å². The zero-order valence-electron chi connectivity index (χ0n) is 13.7. The summed E-state index contributed by atoms with van der Waals surface area (Å²) in [6.45, 7) is 0.0957. The van der Waals surface area contributed by atoms with Gasteiger partial charge in [0.1, 0.15) is 0 Å². The molecule has 0 aliphatic carbocycles. The highest BCUT2D eigenvalue weighted by Crippen LogP contribution is 2.17. The van der Waals surface area contributed by atoms with E-state index in [2.05, 4.69) is 5.32 Å². The SMILES string of the molecule is CN(C(=O)CCNC(=O)c1ccc([N+](=O)[O-])cc1)[C@H]1CCS(=O)(=O)C1. The van der Waals surface area contributed by atoms with Crippen LogP contribution in [0.2, 0.25) is 0 Å². The molecule has 1 atom stereocenters. The van der Waals surface area contributed by atoms with E-state index in [-0.39, 0.29) is 47.7 Å². The number of carbonyl (C=O) groups excluding carboxylic acids is 2. The largest absolute Gasteiger partial charge is 0.352 e. The summed E-state index contributed by atoms with van der Waals surface area (Å²) in [6, 6.07) is 4.82. The van der Waals surface area contributed by atoms with E-state index in [0.29, 0.717) is 6.42 Å². The maximum atomic E-state index is 12.1. The number of nitro benzene ring substituents is 1. The number of hydrogen-bond donors (Lipinski definition) is 1. The highest BCUT2D eigenvalue weighted by molar-refractivity contribution is 7.91. The summed E-state index contributed by atoms with van der Waals surface area (Å²) in [5.41, 5.74) is 0.146. The first kappa shape index (κ1) is 18.8. The summed E-state index contributed by atoms with van der Waals surface area (Å²) < 4.78 is 22.9. The first-order valence-corrected chi connectivity index (χ1v) is 9.50. The number of non-ortho nitro benzene ring substituents is 1. The minimum atomic E-state index is -3.07. The molecule has 2 rings (SSSR count). The number of hydrogen-bond acceptors (Lipinski definition) is 6. The van der Waals surface area contributed by atoms with Crippen molar-refractivity contribution >= 4 is 27.3 Å². The Balaban J connectivity index is 1.80. The number of rotatable bonds is 6. The molecule has 0 saturated carbocycles. The Morgan fingerprint density at radius 3 is 2.48 bits per heavy atom. The molecule has 0 unspecified atom stereocenters. The first-order chi connectivity index (χ1) is 11.7. The molecular formula is C15H19N3O6S. The quantitative estimate of drug-likeness (QED) is 0.570. The Labute approximate surface area is 145 Å². The fourth-order valence-electron chi connectivity index (χ4n) is 2.58. The summed E-state index contributed by atoms with van der Waals surface area (Å²) in [4.78, 5) is 35.4. The highest BCUT2D eigenvalue weighted by atomic mass is 32.2. The fourth-order valence-corrected chi connectivity index (χ4v) is 4.35. The second-order valence-electron chi connectivity index (χ2n) is 5.87. The summed E-state index contributed by atoms with van der Waals surface area (Å²) in [5.74, 6) is -0.615. The van der Waals surface area contributed by atoms with Crippen LogP contribution in [0.3, 0.4) is 0 Å². The molecule has 136 valence electrons. The minimum Gasteiger partial charge on any atom is -0.352 e. The third-order valence-corrected chi connectivity index (χ3v) is 5.86. The lowest BCUT2D eigenvalue weighted by Crippen LogP contribution is -2.39. The van der Waals surface area contributed by atoms with Crippen LogP contribution in [0.15, 0.2) is 24.3 Å². The molecule has 1 aromatic carbocycles. The van der Waals surface area contributed by atoms with Crippen molar-refractivity contribution in [1.29, 1.82) is 0 Å². The Hall–Kier alpha value is -2.49. The van der Waals surface area contributed by atoms with Crippen LogP contribution in [0.5, 0.6) is 0 Å². The molecule has 9 nitrogen and oxygen atoms in total. The van der Waals surface area contributed by atoms with E-state index >= 15 is 0 Å². The first-order valence-electron chi connectivity index (χ1n) is 7.68. The number of carbonyl (C=O) groups is 2. The molecule has 1 aliphatic rings. The van der Waals surface area contributed by atoms with Gasteiger partial charge in [0, 0.05) is 43.8 Å². The smallest absolute Gasteiger partial charge is 0.269 e. The molecule has 2 amide bonds. The van der Waals surface area contributed by atoms with Crippen LogP contribution in [0.1, 0.15) is 23.2 Å². The lowest BCUT2D eigenvalue weighted by Gasteiger charge is -2.23. The Morgan fingerprint density at radius 2 is 1.96 bits per heavy atom. The zero-order valence-corrected chi connectivity index (χ0v) is 14.5. The van der Waals surface area contributed by atoms with E-state index in [9.17, 15) is 28.1 Å². The van der Waals surface area contributed by atoms with Crippen molar-refractivity contribution < 1.29 is 22.9 Å².